The minimum absolute atomic E-state index is 0.159. The molecule has 0 aliphatic rings. The summed E-state index contributed by atoms with van der Waals surface area (Å²) in [4.78, 5) is 30.7. The minimum Gasteiger partial charge on any atom is -0.481 e. The van der Waals surface area contributed by atoms with Gasteiger partial charge >= 0.3 is 11.9 Å². The van der Waals surface area contributed by atoms with Crippen molar-refractivity contribution in [3.05, 3.63) is 0 Å². The van der Waals surface area contributed by atoms with Crippen molar-refractivity contribution in [1.29, 1.82) is 0 Å². The Balaban J connectivity index is 4.23. The molecule has 0 bridgehead atoms. The summed E-state index contributed by atoms with van der Waals surface area (Å²) in [7, 11) is 0. The van der Waals surface area contributed by atoms with Gasteiger partial charge in [-0.25, -0.2) is 0 Å². The Morgan fingerprint density at radius 1 is 1.33 bits per heavy atom. The molecule has 0 heterocycles. The van der Waals surface area contributed by atoms with Gasteiger partial charge in [-0.1, -0.05) is 6.92 Å². The fraction of sp³-hybridized carbons (Fsp3) is 0.571. The van der Waals surface area contributed by atoms with Gasteiger partial charge in [-0.15, -0.1) is 0 Å². The molecule has 1 atom stereocenters. The SMILES string of the molecule is CC(C=O)CC(C(=O)O)C(=O)O. The Kier molecular flexibility index (Phi) is 3.96. The fourth-order valence-corrected chi connectivity index (χ4v) is 0.735. The van der Waals surface area contributed by atoms with Crippen LogP contribution in [0, 0.1) is 11.8 Å². The number of carbonyl (C=O) groups excluding carboxylic acids is 1. The van der Waals surface area contributed by atoms with Crippen LogP contribution in [0.25, 0.3) is 0 Å². The summed E-state index contributed by atoms with van der Waals surface area (Å²) in [5.41, 5.74) is 0. The average Bonchev–Trinajstić information content (AvgIpc) is 1.98. The lowest BCUT2D eigenvalue weighted by Gasteiger charge is -2.07. The molecule has 0 spiro atoms. The molecule has 0 aliphatic carbocycles. The normalized spacial score (nSPS) is 12.5. The Morgan fingerprint density at radius 3 is 2.00 bits per heavy atom. The first-order chi connectivity index (χ1) is 5.49. The summed E-state index contributed by atoms with van der Waals surface area (Å²) in [6.07, 6.45) is 0.382. The van der Waals surface area contributed by atoms with Crippen molar-refractivity contribution >= 4 is 18.2 Å². The maximum absolute atomic E-state index is 10.3. The van der Waals surface area contributed by atoms with Crippen LogP contribution in [0.15, 0.2) is 0 Å². The summed E-state index contributed by atoms with van der Waals surface area (Å²) >= 11 is 0. The summed E-state index contributed by atoms with van der Waals surface area (Å²) in [6, 6.07) is 0. The van der Waals surface area contributed by atoms with E-state index in [0.29, 0.717) is 6.29 Å². The topological polar surface area (TPSA) is 91.7 Å². The predicted octanol–water partition coefficient (Wildman–Crippen LogP) is -0.00310. The highest BCUT2D eigenvalue weighted by Gasteiger charge is 2.27. The molecule has 0 aromatic heterocycles. The highest BCUT2D eigenvalue weighted by molar-refractivity contribution is 5.93. The lowest BCUT2D eigenvalue weighted by molar-refractivity contribution is -0.155. The molecule has 0 aromatic carbocycles. The van der Waals surface area contributed by atoms with Crippen molar-refractivity contribution < 1.29 is 24.6 Å². The maximum atomic E-state index is 10.3. The number of aliphatic carboxylic acids is 2. The second-order valence-corrected chi connectivity index (χ2v) is 2.58. The second-order valence-electron chi connectivity index (χ2n) is 2.58. The first-order valence-corrected chi connectivity index (χ1v) is 3.40. The van der Waals surface area contributed by atoms with E-state index in [4.69, 9.17) is 10.2 Å². The van der Waals surface area contributed by atoms with Crippen molar-refractivity contribution in [2.24, 2.45) is 11.8 Å². The first kappa shape index (κ1) is 10.6. The Hall–Kier alpha value is -1.39. The Morgan fingerprint density at radius 2 is 1.75 bits per heavy atom. The number of aldehydes is 1. The molecular formula is C7H10O5. The number of hydrogen-bond acceptors (Lipinski definition) is 3. The van der Waals surface area contributed by atoms with E-state index in [1.807, 2.05) is 0 Å². The molecule has 0 saturated carbocycles. The van der Waals surface area contributed by atoms with Crippen molar-refractivity contribution in [1.82, 2.24) is 0 Å². The molecule has 1 unspecified atom stereocenters. The summed E-state index contributed by atoms with van der Waals surface area (Å²) in [5, 5.41) is 16.8. The zero-order valence-corrected chi connectivity index (χ0v) is 6.56. The smallest absolute Gasteiger partial charge is 0.317 e. The number of hydrogen-bond donors (Lipinski definition) is 2. The zero-order chi connectivity index (χ0) is 9.72. The summed E-state index contributed by atoms with van der Waals surface area (Å²) in [5.74, 6) is -4.83. The maximum Gasteiger partial charge on any atom is 0.317 e. The van der Waals surface area contributed by atoms with Crippen molar-refractivity contribution in [2.75, 3.05) is 0 Å². The van der Waals surface area contributed by atoms with E-state index in [9.17, 15) is 14.4 Å². The van der Waals surface area contributed by atoms with Gasteiger partial charge in [-0.2, -0.15) is 0 Å². The number of carboxylic acids is 2. The molecule has 5 nitrogen and oxygen atoms in total. The highest BCUT2D eigenvalue weighted by Crippen LogP contribution is 2.10. The van der Waals surface area contributed by atoms with Crippen molar-refractivity contribution in [3.63, 3.8) is 0 Å². The average molecular weight is 174 g/mol. The van der Waals surface area contributed by atoms with E-state index >= 15 is 0 Å². The lowest BCUT2D eigenvalue weighted by Crippen LogP contribution is -2.25. The van der Waals surface area contributed by atoms with Gasteiger partial charge in [0.1, 0.15) is 6.29 Å². The van der Waals surface area contributed by atoms with Crippen molar-refractivity contribution in [2.45, 2.75) is 13.3 Å². The van der Waals surface area contributed by atoms with E-state index in [1.165, 1.54) is 6.92 Å². The quantitative estimate of drug-likeness (QED) is 0.452. The standard InChI is InChI=1S/C7H10O5/c1-4(3-8)2-5(6(9)10)7(11)12/h3-5H,2H2,1H3,(H,9,10)(H,11,12). The molecule has 5 heteroatoms. The monoisotopic (exact) mass is 174 g/mol. The predicted molar refractivity (Wildman–Crippen MR) is 38.6 cm³/mol. The molecule has 0 rings (SSSR count). The van der Waals surface area contributed by atoms with Gasteiger partial charge in [0.25, 0.3) is 0 Å². The van der Waals surface area contributed by atoms with Crippen LogP contribution in [0.3, 0.4) is 0 Å². The fourth-order valence-electron chi connectivity index (χ4n) is 0.735. The van der Waals surface area contributed by atoms with Crippen LogP contribution < -0.4 is 0 Å². The van der Waals surface area contributed by atoms with E-state index < -0.39 is 23.8 Å². The van der Waals surface area contributed by atoms with Crippen LogP contribution >= 0.6 is 0 Å². The molecule has 0 amide bonds. The van der Waals surface area contributed by atoms with Crippen molar-refractivity contribution in [3.8, 4) is 0 Å². The molecule has 68 valence electrons. The zero-order valence-electron chi connectivity index (χ0n) is 6.56. The largest absolute Gasteiger partial charge is 0.481 e. The van der Waals surface area contributed by atoms with Crippen LogP contribution in [-0.2, 0) is 14.4 Å². The van der Waals surface area contributed by atoms with Crippen LogP contribution in [0.5, 0.6) is 0 Å². The molecule has 0 aliphatic heterocycles. The molecule has 0 aromatic rings. The van der Waals surface area contributed by atoms with E-state index in [1.54, 1.807) is 0 Å². The Labute approximate surface area is 69.0 Å². The van der Waals surface area contributed by atoms with Crippen LogP contribution in [0.2, 0.25) is 0 Å². The molecule has 0 saturated heterocycles. The van der Waals surface area contributed by atoms with E-state index in [2.05, 4.69) is 0 Å². The third-order valence-corrected chi connectivity index (χ3v) is 1.44. The van der Waals surface area contributed by atoms with Gasteiger partial charge < -0.3 is 15.0 Å². The van der Waals surface area contributed by atoms with Gasteiger partial charge in [0.15, 0.2) is 5.92 Å². The molecule has 0 fully saturated rings. The summed E-state index contributed by atoms with van der Waals surface area (Å²) in [6.45, 7) is 1.48. The number of carbonyl (C=O) groups is 3. The Bertz CT molecular complexity index is 184. The van der Waals surface area contributed by atoms with Crippen LogP contribution in [-0.4, -0.2) is 28.4 Å². The van der Waals surface area contributed by atoms with Gasteiger partial charge in [-0.05, 0) is 6.42 Å². The van der Waals surface area contributed by atoms with E-state index in [0.717, 1.165) is 0 Å². The minimum atomic E-state index is -1.48. The van der Waals surface area contributed by atoms with Crippen LogP contribution in [0.1, 0.15) is 13.3 Å². The third kappa shape index (κ3) is 3.14. The van der Waals surface area contributed by atoms with E-state index in [-0.39, 0.29) is 6.42 Å². The molecule has 12 heavy (non-hydrogen) atoms. The second kappa shape index (κ2) is 4.48. The summed E-state index contributed by atoms with van der Waals surface area (Å²) < 4.78 is 0. The first-order valence-electron chi connectivity index (χ1n) is 3.40. The highest BCUT2D eigenvalue weighted by atomic mass is 16.4. The van der Waals surface area contributed by atoms with Gasteiger partial charge in [0.05, 0.1) is 0 Å². The molecule has 0 radical (unpaired) electrons. The van der Waals surface area contributed by atoms with Gasteiger partial charge in [-0.3, -0.25) is 9.59 Å². The lowest BCUT2D eigenvalue weighted by atomic mass is 9.97. The molecule has 2 N–H and O–H groups in total. The third-order valence-electron chi connectivity index (χ3n) is 1.44. The van der Waals surface area contributed by atoms with Gasteiger partial charge in [0.2, 0.25) is 0 Å². The number of carboxylic acid groups (broad SMARTS) is 2. The number of rotatable bonds is 5. The van der Waals surface area contributed by atoms with Gasteiger partial charge in [0, 0.05) is 5.92 Å². The van der Waals surface area contributed by atoms with Crippen LogP contribution in [0.4, 0.5) is 0 Å². The molecular weight excluding hydrogens is 164 g/mol.